The van der Waals surface area contributed by atoms with Crippen LogP contribution in [0.1, 0.15) is 12.6 Å². The van der Waals surface area contributed by atoms with Gasteiger partial charge in [-0.05, 0) is 0 Å². The van der Waals surface area contributed by atoms with Gasteiger partial charge in [0.1, 0.15) is 0 Å². The summed E-state index contributed by atoms with van der Waals surface area (Å²) in [7, 11) is 0. The first-order valence-electron chi connectivity index (χ1n) is 5.35. The first-order valence-corrected chi connectivity index (χ1v) is 6.23. The third kappa shape index (κ3) is 3.22. The van der Waals surface area contributed by atoms with E-state index in [2.05, 4.69) is 10.3 Å². The van der Waals surface area contributed by atoms with Crippen molar-refractivity contribution in [2.75, 3.05) is 18.4 Å². The molecule has 0 aliphatic carbocycles. The van der Waals surface area contributed by atoms with Gasteiger partial charge in [-0.2, -0.15) is 0 Å². The predicted molar refractivity (Wildman–Crippen MR) is 63.7 cm³/mol. The summed E-state index contributed by atoms with van der Waals surface area (Å²) in [5.74, 6) is -0.141. The smallest absolute Gasteiger partial charge is 0.223 e. The Kier molecular flexibility index (Phi) is 3.72. The van der Waals surface area contributed by atoms with Crippen molar-refractivity contribution in [3.05, 3.63) is 11.1 Å². The summed E-state index contributed by atoms with van der Waals surface area (Å²) >= 11 is 1.37. The first-order chi connectivity index (χ1) is 8.04. The molecule has 1 aromatic rings. The molecule has 1 aliphatic rings. The van der Waals surface area contributed by atoms with E-state index in [4.69, 9.17) is 0 Å². The number of aliphatic hydroxyl groups is 2. The molecule has 1 fully saturated rings. The fourth-order valence-electron chi connectivity index (χ4n) is 1.79. The molecule has 1 saturated heterocycles. The van der Waals surface area contributed by atoms with Crippen LogP contribution in [0.25, 0.3) is 0 Å². The summed E-state index contributed by atoms with van der Waals surface area (Å²) in [5, 5.41) is 23.9. The Labute approximate surface area is 103 Å². The van der Waals surface area contributed by atoms with E-state index < -0.39 is 12.2 Å². The third-order valence-corrected chi connectivity index (χ3v) is 3.36. The molecule has 0 aromatic carbocycles. The van der Waals surface area contributed by atoms with Crippen molar-refractivity contribution in [1.29, 1.82) is 0 Å². The van der Waals surface area contributed by atoms with Crippen LogP contribution in [-0.4, -0.2) is 51.3 Å². The zero-order valence-electron chi connectivity index (χ0n) is 9.46. The SMILES string of the molecule is CC(=O)Nc1nc(CN2C[C@@H](O)[C@@H](O)C2)cs1. The Hall–Kier alpha value is -1.02. The first kappa shape index (κ1) is 12.4. The minimum absolute atomic E-state index is 0.141. The molecule has 6 nitrogen and oxygen atoms in total. The Morgan fingerprint density at radius 3 is 2.82 bits per heavy atom. The number of β-amino-alcohol motifs (C(OH)–C–C–N with tert-alkyl or cyclic N) is 2. The number of hydrogen-bond donors (Lipinski definition) is 3. The van der Waals surface area contributed by atoms with Gasteiger partial charge in [-0.15, -0.1) is 11.3 Å². The number of nitrogens with zero attached hydrogens (tertiary/aromatic N) is 2. The van der Waals surface area contributed by atoms with Gasteiger partial charge < -0.3 is 15.5 Å². The summed E-state index contributed by atoms with van der Waals surface area (Å²) < 4.78 is 0. The Bertz CT molecular complexity index is 399. The van der Waals surface area contributed by atoms with Gasteiger partial charge in [0.2, 0.25) is 5.91 Å². The number of hydrogen-bond acceptors (Lipinski definition) is 6. The molecule has 94 valence electrons. The molecule has 1 amide bonds. The quantitative estimate of drug-likeness (QED) is 0.688. The van der Waals surface area contributed by atoms with Crippen LogP contribution in [0.5, 0.6) is 0 Å². The standard InChI is InChI=1S/C10H15N3O3S/c1-6(14)11-10-12-7(5-17-10)2-13-3-8(15)9(16)4-13/h5,8-9,15-16H,2-4H2,1H3,(H,11,12,14)/t8-,9+. The van der Waals surface area contributed by atoms with Gasteiger partial charge >= 0.3 is 0 Å². The Morgan fingerprint density at radius 1 is 1.59 bits per heavy atom. The van der Waals surface area contributed by atoms with Crippen molar-refractivity contribution >= 4 is 22.4 Å². The molecule has 7 heteroatoms. The van der Waals surface area contributed by atoms with Crippen LogP contribution in [0, 0.1) is 0 Å². The molecule has 1 aliphatic heterocycles. The highest BCUT2D eigenvalue weighted by atomic mass is 32.1. The van der Waals surface area contributed by atoms with Crippen molar-refractivity contribution < 1.29 is 15.0 Å². The van der Waals surface area contributed by atoms with Gasteiger partial charge in [0.15, 0.2) is 5.13 Å². The summed E-state index contributed by atoms with van der Waals surface area (Å²) in [5.41, 5.74) is 0.833. The zero-order chi connectivity index (χ0) is 12.4. The number of rotatable bonds is 3. The van der Waals surface area contributed by atoms with Crippen molar-refractivity contribution in [1.82, 2.24) is 9.88 Å². The van der Waals surface area contributed by atoms with E-state index >= 15 is 0 Å². The van der Waals surface area contributed by atoms with Crippen LogP contribution in [0.2, 0.25) is 0 Å². The monoisotopic (exact) mass is 257 g/mol. The lowest BCUT2D eigenvalue weighted by Gasteiger charge is -2.12. The Balaban J connectivity index is 1.91. The van der Waals surface area contributed by atoms with E-state index in [0.29, 0.717) is 24.8 Å². The number of carbonyl (C=O) groups is 1. The zero-order valence-corrected chi connectivity index (χ0v) is 10.3. The van der Waals surface area contributed by atoms with Crippen LogP contribution < -0.4 is 5.32 Å². The predicted octanol–water partition coefficient (Wildman–Crippen LogP) is -0.361. The molecule has 2 atom stereocenters. The average Bonchev–Trinajstić information content (AvgIpc) is 2.75. The van der Waals surface area contributed by atoms with E-state index in [1.807, 2.05) is 10.3 Å². The fraction of sp³-hybridized carbons (Fsp3) is 0.600. The number of likely N-dealkylation sites (tertiary alicyclic amines) is 1. The average molecular weight is 257 g/mol. The van der Waals surface area contributed by atoms with Gasteiger partial charge in [-0.1, -0.05) is 0 Å². The number of anilines is 1. The summed E-state index contributed by atoms with van der Waals surface area (Å²) in [6, 6.07) is 0. The van der Waals surface area contributed by atoms with Gasteiger partial charge in [0.05, 0.1) is 17.9 Å². The van der Waals surface area contributed by atoms with Gasteiger partial charge in [0.25, 0.3) is 0 Å². The van der Waals surface area contributed by atoms with Gasteiger partial charge in [-0.3, -0.25) is 9.69 Å². The second-order valence-corrected chi connectivity index (χ2v) is 5.01. The number of aromatic nitrogens is 1. The maximum absolute atomic E-state index is 10.8. The van der Waals surface area contributed by atoms with Crippen molar-refractivity contribution in [3.8, 4) is 0 Å². The molecule has 2 heterocycles. The van der Waals surface area contributed by atoms with Crippen LogP contribution >= 0.6 is 11.3 Å². The van der Waals surface area contributed by atoms with Crippen molar-refractivity contribution in [3.63, 3.8) is 0 Å². The lowest BCUT2D eigenvalue weighted by Crippen LogP contribution is -2.22. The summed E-state index contributed by atoms with van der Waals surface area (Å²) in [6.45, 7) is 2.92. The molecule has 0 radical (unpaired) electrons. The maximum atomic E-state index is 10.8. The molecule has 0 saturated carbocycles. The molecule has 17 heavy (non-hydrogen) atoms. The van der Waals surface area contributed by atoms with Gasteiger partial charge in [0, 0.05) is 31.9 Å². The number of carbonyl (C=O) groups excluding carboxylic acids is 1. The minimum Gasteiger partial charge on any atom is -0.389 e. The Morgan fingerprint density at radius 2 is 2.24 bits per heavy atom. The largest absolute Gasteiger partial charge is 0.389 e. The molecule has 3 N–H and O–H groups in total. The molecule has 2 rings (SSSR count). The summed E-state index contributed by atoms with van der Waals surface area (Å²) in [6.07, 6.45) is -1.35. The van der Waals surface area contributed by atoms with Crippen molar-refractivity contribution in [2.45, 2.75) is 25.7 Å². The normalized spacial score (nSPS) is 25.1. The lowest BCUT2D eigenvalue weighted by atomic mass is 10.3. The van der Waals surface area contributed by atoms with E-state index in [9.17, 15) is 15.0 Å². The highest BCUT2D eigenvalue weighted by molar-refractivity contribution is 7.13. The highest BCUT2D eigenvalue weighted by Crippen LogP contribution is 2.19. The summed E-state index contributed by atoms with van der Waals surface area (Å²) in [4.78, 5) is 17.0. The number of amides is 1. The number of thiazole rings is 1. The van der Waals surface area contributed by atoms with Crippen LogP contribution in [0.3, 0.4) is 0 Å². The number of nitrogens with one attached hydrogen (secondary N) is 1. The second-order valence-electron chi connectivity index (χ2n) is 4.15. The lowest BCUT2D eigenvalue weighted by molar-refractivity contribution is -0.114. The molecule has 0 bridgehead atoms. The molecule has 1 aromatic heterocycles. The van der Waals surface area contributed by atoms with Gasteiger partial charge in [-0.25, -0.2) is 4.98 Å². The second kappa shape index (κ2) is 5.09. The van der Waals surface area contributed by atoms with Crippen LogP contribution in [-0.2, 0) is 11.3 Å². The fourth-order valence-corrected chi connectivity index (χ4v) is 2.54. The third-order valence-electron chi connectivity index (χ3n) is 2.55. The van der Waals surface area contributed by atoms with Crippen molar-refractivity contribution in [2.24, 2.45) is 0 Å². The van der Waals surface area contributed by atoms with Crippen LogP contribution in [0.4, 0.5) is 5.13 Å². The molecule has 0 unspecified atom stereocenters. The van der Waals surface area contributed by atoms with E-state index in [1.54, 1.807) is 0 Å². The maximum Gasteiger partial charge on any atom is 0.223 e. The molecule has 0 spiro atoms. The van der Waals surface area contributed by atoms with E-state index in [1.165, 1.54) is 18.3 Å². The van der Waals surface area contributed by atoms with E-state index in [0.717, 1.165) is 5.69 Å². The molecular formula is C10H15N3O3S. The highest BCUT2D eigenvalue weighted by Gasteiger charge is 2.29. The topological polar surface area (TPSA) is 85.7 Å². The molecular weight excluding hydrogens is 242 g/mol. The number of aliphatic hydroxyl groups excluding tert-OH is 2. The van der Waals surface area contributed by atoms with E-state index in [-0.39, 0.29) is 5.91 Å². The van der Waals surface area contributed by atoms with Crippen LogP contribution in [0.15, 0.2) is 5.38 Å². The minimum atomic E-state index is -0.677.